The normalized spacial score (nSPS) is 20.5. The number of nitrogens with zero attached hydrogens (tertiary/aromatic N) is 12. The van der Waals surface area contributed by atoms with Crippen molar-refractivity contribution in [1.82, 2.24) is 29.4 Å². The van der Waals surface area contributed by atoms with E-state index in [1.807, 2.05) is 45.0 Å². The van der Waals surface area contributed by atoms with Gasteiger partial charge in [0, 0.05) is 170 Å². The zero-order valence-corrected chi connectivity index (χ0v) is 61.4. The maximum absolute atomic E-state index is 14.2. The molecule has 102 heavy (non-hydrogen) atoms. The molecule has 9 aliphatic heterocycles. The number of halogens is 3. The maximum atomic E-state index is 14.2. The average Bonchev–Trinajstić information content (AvgIpc) is 1.60. The molecule has 3 spiro atoms. The molecule has 0 N–H and O–H groups in total. The van der Waals surface area contributed by atoms with Crippen molar-refractivity contribution < 1.29 is 41.8 Å². The second kappa shape index (κ2) is 30.5. The van der Waals surface area contributed by atoms with Crippen molar-refractivity contribution in [2.75, 3.05) is 191 Å². The summed E-state index contributed by atoms with van der Waals surface area (Å²) in [6.45, 7) is 14.1. The Morgan fingerprint density at radius 2 is 0.716 bits per heavy atom. The van der Waals surface area contributed by atoms with Crippen LogP contribution in [0, 0.1) is 17.5 Å². The van der Waals surface area contributed by atoms with Gasteiger partial charge in [-0.1, -0.05) is 18.2 Å². The van der Waals surface area contributed by atoms with Gasteiger partial charge in [0.25, 0.3) is 0 Å². The number of methoxy groups -OCH3 is 3. The zero-order chi connectivity index (χ0) is 71.6. The van der Waals surface area contributed by atoms with Crippen molar-refractivity contribution in [2.45, 2.75) is 111 Å². The van der Waals surface area contributed by atoms with E-state index in [-0.39, 0.29) is 51.8 Å². The summed E-state index contributed by atoms with van der Waals surface area (Å²) in [5.41, 5.74) is 8.86. The van der Waals surface area contributed by atoms with Crippen LogP contribution in [-0.4, -0.2) is 227 Å². The number of carbonyl (C=O) groups is 3. The summed E-state index contributed by atoms with van der Waals surface area (Å²) in [5.74, 6) is 2.07. The van der Waals surface area contributed by atoms with Gasteiger partial charge in [-0.25, -0.2) is 27.6 Å². The number of ether oxygens (including phenoxy) is 3. The minimum atomic E-state index is -0.219. The first-order chi connectivity index (χ1) is 49.2. The lowest BCUT2D eigenvalue weighted by atomic mass is 9.74. The van der Waals surface area contributed by atoms with Crippen LogP contribution in [0.4, 0.5) is 61.7 Å². The minimum Gasteiger partial charge on any atom is -0.497 e. The van der Waals surface area contributed by atoms with Gasteiger partial charge in [-0.2, -0.15) is 0 Å². The number of hydrogen-bond acceptors (Lipinski definition) is 12. The molecule has 6 saturated heterocycles. The summed E-state index contributed by atoms with van der Waals surface area (Å²) >= 11 is 0. The second-order valence-electron chi connectivity index (χ2n) is 30.4. The van der Waals surface area contributed by atoms with Crippen molar-refractivity contribution in [3.05, 3.63) is 162 Å². The van der Waals surface area contributed by atoms with Crippen molar-refractivity contribution >= 4 is 52.2 Å². The molecule has 21 heteroatoms. The van der Waals surface area contributed by atoms with Gasteiger partial charge in [0.05, 0.1) is 27.0 Å². The number of hydrogen-bond donors (Lipinski definition) is 0. The Labute approximate surface area is 602 Å². The molecule has 0 unspecified atom stereocenters. The Morgan fingerprint density at radius 3 is 1.07 bits per heavy atom. The molecule has 6 amide bonds. The maximum Gasteiger partial charge on any atom is 0.323 e. The summed E-state index contributed by atoms with van der Waals surface area (Å²) in [6, 6.07) is 41.3. The third-order valence-electron chi connectivity index (χ3n) is 24.2. The van der Waals surface area contributed by atoms with Gasteiger partial charge in [-0.15, -0.1) is 0 Å². The van der Waals surface area contributed by atoms with Crippen LogP contribution in [0.25, 0.3) is 0 Å². The predicted octanol–water partition coefficient (Wildman–Crippen LogP) is 13.0. The molecular weight excluding hydrogens is 1290 g/mol. The number of benzene rings is 6. The van der Waals surface area contributed by atoms with Crippen LogP contribution in [0.1, 0.15) is 93.7 Å². The Balaban J connectivity index is 0.000000137. The van der Waals surface area contributed by atoms with Crippen molar-refractivity contribution in [3.8, 4) is 17.2 Å². The smallest absolute Gasteiger partial charge is 0.323 e. The number of para-hydroxylation sites is 2. The summed E-state index contributed by atoms with van der Waals surface area (Å²) in [4.78, 5) is 64.1. The van der Waals surface area contributed by atoms with Gasteiger partial charge in [-0.05, 0) is 236 Å². The SMILES string of the molecule is COc1ccc(N2CCC(N3CCC4(CC3)CN(C(=O)N(C)C)c3ccc(F)cc34)CC2)cc1.COc1cccc(N2CCC(N3CCC4(CC3)CN(C(=O)N(C)C)c3ccc(F)cc34)CC2)c1.COc1ccccc1N1CCC(N2CCC3(CC2)CN(C(=O)N(C)C)c2ccc(F)cc23)CC1. The summed E-state index contributed by atoms with van der Waals surface area (Å²) in [6.07, 6.45) is 12.6. The molecule has 9 aliphatic rings. The van der Waals surface area contributed by atoms with Gasteiger partial charge in [0.1, 0.15) is 34.7 Å². The van der Waals surface area contributed by atoms with E-state index in [1.165, 1.54) is 35.3 Å². The Bertz CT molecular complexity index is 3900. The Hall–Kier alpha value is -8.40. The van der Waals surface area contributed by atoms with Gasteiger partial charge in [0.15, 0.2) is 0 Å². The largest absolute Gasteiger partial charge is 0.497 e. The summed E-state index contributed by atoms with van der Waals surface area (Å²) in [5, 5.41) is 0. The van der Waals surface area contributed by atoms with Crippen LogP contribution in [0.15, 0.2) is 127 Å². The number of urea groups is 3. The van der Waals surface area contributed by atoms with Crippen LogP contribution in [0.3, 0.4) is 0 Å². The van der Waals surface area contributed by atoms with E-state index >= 15 is 0 Å². The molecule has 0 saturated carbocycles. The van der Waals surface area contributed by atoms with Gasteiger partial charge in [-0.3, -0.25) is 14.7 Å². The Morgan fingerprint density at radius 1 is 0.363 bits per heavy atom. The fourth-order valence-corrected chi connectivity index (χ4v) is 18.3. The highest BCUT2D eigenvalue weighted by Gasteiger charge is 2.51. The fourth-order valence-electron chi connectivity index (χ4n) is 18.3. The molecule has 15 rings (SSSR count). The number of rotatable bonds is 9. The molecule has 0 radical (unpaired) electrons. The fraction of sp³-hybridized carbons (Fsp3) is 0.519. The first-order valence-electron chi connectivity index (χ1n) is 37.0. The van der Waals surface area contributed by atoms with E-state index in [2.05, 4.69) is 71.9 Å². The van der Waals surface area contributed by atoms with E-state index in [1.54, 1.807) is 115 Å². The third kappa shape index (κ3) is 14.6. The van der Waals surface area contributed by atoms with Gasteiger partial charge >= 0.3 is 18.1 Å². The second-order valence-corrected chi connectivity index (χ2v) is 30.4. The van der Waals surface area contributed by atoms with E-state index < -0.39 is 0 Å². The molecule has 6 aromatic rings. The quantitative estimate of drug-likeness (QED) is 0.137. The first-order valence-corrected chi connectivity index (χ1v) is 37.0. The molecule has 0 atom stereocenters. The molecule has 6 fully saturated rings. The predicted molar refractivity (Wildman–Crippen MR) is 401 cm³/mol. The number of carbonyl (C=O) groups excluding carboxylic acids is 3. The molecule has 546 valence electrons. The average molecular weight is 1400 g/mol. The highest BCUT2D eigenvalue weighted by atomic mass is 19.1. The van der Waals surface area contributed by atoms with Crippen LogP contribution >= 0.6 is 0 Å². The summed E-state index contributed by atoms with van der Waals surface area (Å²) < 4.78 is 59.0. The number of fused-ring (bicyclic) bond motifs is 6. The van der Waals surface area contributed by atoms with Crippen molar-refractivity contribution in [2.24, 2.45) is 0 Å². The lowest BCUT2D eigenvalue weighted by Crippen LogP contribution is -2.52. The first kappa shape index (κ1) is 72.0. The van der Waals surface area contributed by atoms with Gasteiger partial charge in [0.2, 0.25) is 0 Å². The van der Waals surface area contributed by atoms with Gasteiger partial charge < -0.3 is 58.3 Å². The highest BCUT2D eigenvalue weighted by Crippen LogP contribution is 2.52. The highest BCUT2D eigenvalue weighted by molar-refractivity contribution is 5.96. The number of amides is 6. The molecule has 0 aromatic heterocycles. The van der Waals surface area contributed by atoms with E-state index in [0.29, 0.717) is 37.8 Å². The number of piperidine rings is 6. The molecule has 0 aliphatic carbocycles. The van der Waals surface area contributed by atoms with E-state index in [9.17, 15) is 27.6 Å². The molecule has 6 aromatic carbocycles. The topological polar surface area (TPSA) is 118 Å². The standard InChI is InChI=1S/3C27H35FN4O2/c1-29(2)26(33)32-19-27(24-18-20(28)4-9-25(24)32)12-16-31(17-13-27)22-10-14-30(15-11-22)21-5-7-23(34-3)8-6-21;1-29(2)26(33)32-19-27(24-17-20(28)7-8-25(24)32)11-15-31(16-12-27)21-9-13-30(14-10-21)22-5-4-6-23(18-22)34-3;1-29(2)26(33)32-19-27(22-18-20(28)8-9-23(22)32)12-16-30(17-13-27)21-10-14-31(15-11-21)24-6-4-5-7-25(24)34-3/h4-9,18,22H,10-17,19H2,1-3H3;4-8,17-18,21H,9-16,19H2,1-3H3;4-9,18,21H,10-17,19H2,1-3H3. The van der Waals surface area contributed by atoms with Crippen LogP contribution in [-0.2, 0) is 16.2 Å². The van der Waals surface area contributed by atoms with Crippen molar-refractivity contribution in [1.29, 1.82) is 0 Å². The zero-order valence-electron chi connectivity index (χ0n) is 61.4. The third-order valence-corrected chi connectivity index (χ3v) is 24.2. The monoisotopic (exact) mass is 1400 g/mol. The molecule has 18 nitrogen and oxygen atoms in total. The Kier molecular flexibility index (Phi) is 21.5. The molecule has 9 heterocycles. The van der Waals surface area contributed by atoms with Crippen LogP contribution < -0.4 is 43.6 Å². The summed E-state index contributed by atoms with van der Waals surface area (Å²) in [7, 11) is 15.8. The lowest BCUT2D eigenvalue weighted by molar-refractivity contribution is 0.104. The lowest BCUT2D eigenvalue weighted by Gasteiger charge is -2.45. The van der Waals surface area contributed by atoms with Crippen molar-refractivity contribution in [3.63, 3.8) is 0 Å². The van der Waals surface area contributed by atoms with E-state index in [0.717, 1.165) is 207 Å². The number of likely N-dealkylation sites (tertiary alicyclic amines) is 3. The molecular formula is C81H105F3N12O6. The van der Waals surface area contributed by atoms with Crippen LogP contribution in [0.5, 0.6) is 17.2 Å². The van der Waals surface area contributed by atoms with E-state index in [4.69, 9.17) is 14.2 Å². The minimum absolute atomic E-state index is 0.0296. The number of anilines is 6. The molecule has 0 bridgehead atoms. The van der Waals surface area contributed by atoms with Crippen LogP contribution in [0.2, 0.25) is 0 Å².